The Morgan fingerprint density at radius 1 is 1.11 bits per heavy atom. The molecule has 1 aromatic carbocycles. The number of nitrogens with one attached hydrogen (secondary N) is 1. The lowest BCUT2D eigenvalue weighted by atomic mass is 10.2. The highest BCUT2D eigenvalue weighted by molar-refractivity contribution is 5.55. The number of benzene rings is 1. The largest absolute Gasteiger partial charge is 0.486 e. The third-order valence-electron chi connectivity index (χ3n) is 2.66. The first-order chi connectivity index (χ1) is 8.92. The molecule has 18 heavy (non-hydrogen) atoms. The average molecular weight is 243 g/mol. The van der Waals surface area contributed by atoms with E-state index in [4.69, 9.17) is 9.47 Å². The van der Waals surface area contributed by atoms with Gasteiger partial charge in [-0.05, 0) is 18.2 Å². The first kappa shape index (κ1) is 10.8. The Balaban J connectivity index is 1.70. The van der Waals surface area contributed by atoms with Gasteiger partial charge in [0.1, 0.15) is 19.5 Å². The fourth-order valence-electron chi connectivity index (χ4n) is 1.77. The van der Waals surface area contributed by atoms with E-state index in [1.165, 1.54) is 0 Å². The van der Waals surface area contributed by atoms with Gasteiger partial charge in [-0.25, -0.2) is 9.97 Å². The highest BCUT2D eigenvalue weighted by Crippen LogP contribution is 2.32. The van der Waals surface area contributed by atoms with E-state index in [0.29, 0.717) is 19.8 Å². The summed E-state index contributed by atoms with van der Waals surface area (Å²) in [6, 6.07) is 7.70. The first-order valence-electron chi connectivity index (χ1n) is 5.80. The van der Waals surface area contributed by atoms with E-state index in [0.717, 1.165) is 22.9 Å². The van der Waals surface area contributed by atoms with E-state index in [-0.39, 0.29) is 0 Å². The second kappa shape index (κ2) is 4.91. The van der Waals surface area contributed by atoms with Crippen LogP contribution in [-0.4, -0.2) is 23.2 Å². The van der Waals surface area contributed by atoms with Crippen LogP contribution in [-0.2, 0) is 6.54 Å². The lowest BCUT2D eigenvalue weighted by Gasteiger charge is -2.19. The molecule has 0 saturated heterocycles. The van der Waals surface area contributed by atoms with Crippen molar-refractivity contribution >= 4 is 5.69 Å². The van der Waals surface area contributed by atoms with Crippen LogP contribution in [0, 0.1) is 0 Å². The number of fused-ring (bicyclic) bond motifs is 1. The second-order valence-corrected chi connectivity index (χ2v) is 3.91. The van der Waals surface area contributed by atoms with Gasteiger partial charge in [-0.15, -0.1) is 0 Å². The van der Waals surface area contributed by atoms with Crippen molar-refractivity contribution in [2.45, 2.75) is 6.54 Å². The van der Waals surface area contributed by atoms with Gasteiger partial charge >= 0.3 is 0 Å². The molecule has 3 rings (SSSR count). The number of anilines is 1. The van der Waals surface area contributed by atoms with E-state index in [9.17, 15) is 0 Å². The molecule has 1 aromatic heterocycles. The Bertz CT molecular complexity index is 531. The minimum Gasteiger partial charge on any atom is -0.486 e. The van der Waals surface area contributed by atoms with Crippen LogP contribution in [0.15, 0.2) is 36.8 Å². The van der Waals surface area contributed by atoms with Crippen molar-refractivity contribution in [1.29, 1.82) is 0 Å². The quantitative estimate of drug-likeness (QED) is 0.891. The van der Waals surface area contributed by atoms with Gasteiger partial charge in [0.15, 0.2) is 11.5 Å². The van der Waals surface area contributed by atoms with Crippen molar-refractivity contribution in [2.75, 3.05) is 18.5 Å². The summed E-state index contributed by atoms with van der Waals surface area (Å²) in [7, 11) is 0. The van der Waals surface area contributed by atoms with Crippen molar-refractivity contribution in [1.82, 2.24) is 9.97 Å². The lowest BCUT2D eigenvalue weighted by molar-refractivity contribution is 0.171. The topological polar surface area (TPSA) is 56.3 Å². The standard InChI is InChI=1S/C13H13N3O2/c1-2-12-13(18-6-5-17-12)7-10(1)15-8-11-3-4-14-9-16-11/h1-4,7,9,15H,5-6,8H2. The van der Waals surface area contributed by atoms with Crippen LogP contribution >= 0.6 is 0 Å². The van der Waals surface area contributed by atoms with E-state index >= 15 is 0 Å². The van der Waals surface area contributed by atoms with Crippen LogP contribution in [0.2, 0.25) is 0 Å². The van der Waals surface area contributed by atoms with Gasteiger partial charge < -0.3 is 14.8 Å². The van der Waals surface area contributed by atoms with Crippen LogP contribution in [0.3, 0.4) is 0 Å². The third-order valence-corrected chi connectivity index (χ3v) is 2.66. The minimum atomic E-state index is 0.600. The molecule has 5 heteroatoms. The molecule has 0 spiro atoms. The predicted molar refractivity (Wildman–Crippen MR) is 66.8 cm³/mol. The Hall–Kier alpha value is -2.30. The van der Waals surface area contributed by atoms with Gasteiger partial charge in [-0.1, -0.05) is 0 Å². The molecule has 0 saturated carbocycles. The Kier molecular flexibility index (Phi) is 2.96. The molecule has 1 aliphatic heterocycles. The molecule has 0 fully saturated rings. The van der Waals surface area contributed by atoms with E-state index in [1.807, 2.05) is 24.3 Å². The van der Waals surface area contributed by atoms with E-state index in [2.05, 4.69) is 15.3 Å². The lowest BCUT2D eigenvalue weighted by Crippen LogP contribution is -2.15. The van der Waals surface area contributed by atoms with Gasteiger partial charge in [0.25, 0.3) is 0 Å². The second-order valence-electron chi connectivity index (χ2n) is 3.91. The minimum absolute atomic E-state index is 0.600. The van der Waals surface area contributed by atoms with Crippen molar-refractivity contribution in [3.05, 3.63) is 42.5 Å². The van der Waals surface area contributed by atoms with Gasteiger partial charge in [0.2, 0.25) is 0 Å². The Morgan fingerprint density at radius 2 is 2.00 bits per heavy atom. The number of hydrogen-bond donors (Lipinski definition) is 1. The maximum absolute atomic E-state index is 5.53. The number of rotatable bonds is 3. The van der Waals surface area contributed by atoms with Crippen molar-refractivity contribution in [3.8, 4) is 11.5 Å². The highest BCUT2D eigenvalue weighted by Gasteiger charge is 2.11. The summed E-state index contributed by atoms with van der Waals surface area (Å²) in [5.41, 5.74) is 1.93. The highest BCUT2D eigenvalue weighted by atomic mass is 16.6. The zero-order valence-electron chi connectivity index (χ0n) is 9.80. The smallest absolute Gasteiger partial charge is 0.163 e. The monoisotopic (exact) mass is 243 g/mol. The fraction of sp³-hybridized carbons (Fsp3) is 0.231. The summed E-state index contributed by atoms with van der Waals surface area (Å²) in [4.78, 5) is 8.03. The molecule has 0 atom stereocenters. The number of hydrogen-bond acceptors (Lipinski definition) is 5. The van der Waals surface area contributed by atoms with E-state index in [1.54, 1.807) is 12.5 Å². The van der Waals surface area contributed by atoms with Crippen LogP contribution in [0.1, 0.15) is 5.69 Å². The average Bonchev–Trinajstić information content (AvgIpc) is 2.46. The summed E-state index contributed by atoms with van der Waals surface area (Å²) < 4.78 is 11.0. The van der Waals surface area contributed by atoms with Crippen molar-refractivity contribution in [2.24, 2.45) is 0 Å². The zero-order chi connectivity index (χ0) is 12.2. The van der Waals surface area contributed by atoms with Crippen LogP contribution in [0.4, 0.5) is 5.69 Å². The molecular weight excluding hydrogens is 230 g/mol. The summed E-state index contributed by atoms with van der Waals surface area (Å²) >= 11 is 0. The van der Waals surface area contributed by atoms with Gasteiger partial charge in [0, 0.05) is 18.0 Å². The SMILES string of the molecule is c1cc(CNc2ccc3c(c2)OCCO3)ncn1. The molecule has 5 nitrogen and oxygen atoms in total. The maximum atomic E-state index is 5.53. The predicted octanol–water partition coefficient (Wildman–Crippen LogP) is 1.86. The summed E-state index contributed by atoms with van der Waals surface area (Å²) in [6.07, 6.45) is 3.27. The van der Waals surface area contributed by atoms with E-state index < -0.39 is 0 Å². The normalized spacial score (nSPS) is 13.1. The molecule has 1 N–H and O–H groups in total. The van der Waals surface area contributed by atoms with Crippen LogP contribution in [0.25, 0.3) is 0 Å². The fourth-order valence-corrected chi connectivity index (χ4v) is 1.77. The molecule has 0 amide bonds. The van der Waals surface area contributed by atoms with Gasteiger partial charge in [-0.3, -0.25) is 0 Å². The maximum Gasteiger partial charge on any atom is 0.163 e. The third kappa shape index (κ3) is 2.34. The number of ether oxygens (including phenoxy) is 2. The van der Waals surface area contributed by atoms with Gasteiger partial charge in [0.05, 0.1) is 12.2 Å². The van der Waals surface area contributed by atoms with Crippen LogP contribution < -0.4 is 14.8 Å². The molecule has 2 heterocycles. The summed E-state index contributed by atoms with van der Waals surface area (Å²) in [5.74, 6) is 1.59. The summed E-state index contributed by atoms with van der Waals surface area (Å²) in [6.45, 7) is 1.87. The Labute approximate surface area is 105 Å². The van der Waals surface area contributed by atoms with Crippen LogP contribution in [0.5, 0.6) is 11.5 Å². The molecule has 92 valence electrons. The number of aromatic nitrogens is 2. The number of nitrogens with zero attached hydrogens (tertiary/aromatic N) is 2. The molecule has 0 radical (unpaired) electrons. The molecular formula is C13H13N3O2. The van der Waals surface area contributed by atoms with Crippen molar-refractivity contribution < 1.29 is 9.47 Å². The van der Waals surface area contributed by atoms with Gasteiger partial charge in [-0.2, -0.15) is 0 Å². The molecule has 0 bridgehead atoms. The molecule has 2 aromatic rings. The Morgan fingerprint density at radius 3 is 2.83 bits per heavy atom. The first-order valence-corrected chi connectivity index (χ1v) is 5.80. The molecule has 0 unspecified atom stereocenters. The molecule has 0 aliphatic carbocycles. The zero-order valence-corrected chi connectivity index (χ0v) is 9.80. The van der Waals surface area contributed by atoms with Crippen molar-refractivity contribution in [3.63, 3.8) is 0 Å². The summed E-state index contributed by atoms with van der Waals surface area (Å²) in [5, 5.41) is 3.29. The molecule has 1 aliphatic rings.